The number of likely N-dealkylation sites (tertiary alicyclic amines) is 1. The van der Waals surface area contributed by atoms with Gasteiger partial charge in [-0.1, -0.05) is 78.9 Å². The maximum absolute atomic E-state index is 14.1. The van der Waals surface area contributed by atoms with Crippen molar-refractivity contribution in [1.29, 1.82) is 0 Å². The van der Waals surface area contributed by atoms with Gasteiger partial charge in [-0.25, -0.2) is 0 Å². The van der Waals surface area contributed by atoms with E-state index < -0.39 is 47.8 Å². The average molecular weight is 637 g/mol. The Morgan fingerprint density at radius 3 is 2.02 bits per heavy atom. The number of para-hydroxylation sites is 1. The zero-order valence-electron chi connectivity index (χ0n) is 26.3. The Bertz CT molecular complexity index is 1760. The van der Waals surface area contributed by atoms with Gasteiger partial charge in [-0.3, -0.25) is 28.5 Å². The number of primary amides is 1. The third-order valence-corrected chi connectivity index (χ3v) is 8.59. The highest BCUT2D eigenvalue weighted by Gasteiger charge is 2.39. The van der Waals surface area contributed by atoms with Crippen molar-refractivity contribution in [3.63, 3.8) is 0 Å². The van der Waals surface area contributed by atoms with Crippen LogP contribution < -0.4 is 22.1 Å². The van der Waals surface area contributed by atoms with Crippen LogP contribution in [0.4, 0.5) is 0 Å². The minimum atomic E-state index is -1.01. The van der Waals surface area contributed by atoms with Crippen LogP contribution in [0.15, 0.2) is 91.1 Å². The van der Waals surface area contributed by atoms with E-state index in [9.17, 15) is 24.0 Å². The van der Waals surface area contributed by atoms with Crippen LogP contribution >= 0.6 is 0 Å². The molecule has 3 aromatic carbocycles. The molecule has 1 aliphatic heterocycles. The van der Waals surface area contributed by atoms with E-state index in [-0.39, 0.29) is 25.2 Å². The summed E-state index contributed by atoms with van der Waals surface area (Å²) in [6, 6.07) is 22.1. The van der Waals surface area contributed by atoms with Crippen LogP contribution in [0.3, 0.4) is 0 Å². The summed E-state index contributed by atoms with van der Waals surface area (Å²) in [6.07, 6.45) is 3.22. The topological polar surface area (TPSA) is 170 Å². The average Bonchev–Trinajstić information content (AvgIpc) is 3.70. The van der Waals surface area contributed by atoms with Crippen molar-refractivity contribution in [3.05, 3.63) is 108 Å². The van der Waals surface area contributed by atoms with Gasteiger partial charge in [0.05, 0.1) is 11.6 Å². The molecule has 4 atom stereocenters. The molecule has 1 aliphatic rings. The fourth-order valence-electron chi connectivity index (χ4n) is 6.18. The summed E-state index contributed by atoms with van der Waals surface area (Å²) in [5.41, 5.74) is 15.2. The maximum atomic E-state index is 14.1. The molecule has 0 spiro atoms. The third-order valence-electron chi connectivity index (χ3n) is 8.59. The van der Waals surface area contributed by atoms with E-state index in [2.05, 4.69) is 10.6 Å². The lowest BCUT2D eigenvalue weighted by Crippen LogP contribution is -2.58. The molecular weight excluding hydrogens is 596 g/mol. The second-order valence-electron chi connectivity index (χ2n) is 12.0. The number of rotatable bonds is 12. The number of carbonyl (C=O) groups excluding carboxylic acids is 5. The van der Waals surface area contributed by atoms with Crippen LogP contribution in [0.25, 0.3) is 10.9 Å². The third kappa shape index (κ3) is 7.93. The van der Waals surface area contributed by atoms with Crippen molar-refractivity contribution >= 4 is 40.4 Å². The number of nitrogens with zero attached hydrogens (tertiary/aromatic N) is 2. The Kier molecular flexibility index (Phi) is 10.5. The monoisotopic (exact) mass is 636 g/mol. The molecule has 4 aromatic rings. The fourth-order valence-corrected chi connectivity index (χ4v) is 6.18. The highest BCUT2D eigenvalue weighted by molar-refractivity contribution is 5.96. The number of nitrogens with two attached hydrogens (primary N) is 2. The number of nitrogens with one attached hydrogen (secondary N) is 2. The second kappa shape index (κ2) is 14.9. The van der Waals surface area contributed by atoms with Gasteiger partial charge in [0.15, 0.2) is 0 Å². The van der Waals surface area contributed by atoms with Crippen molar-refractivity contribution < 1.29 is 24.0 Å². The first-order valence-corrected chi connectivity index (χ1v) is 15.8. The van der Waals surface area contributed by atoms with E-state index in [0.717, 1.165) is 27.6 Å². The molecule has 0 saturated carbocycles. The van der Waals surface area contributed by atoms with Crippen LogP contribution in [-0.4, -0.2) is 69.7 Å². The molecule has 0 aliphatic carbocycles. The number of benzene rings is 3. The highest BCUT2D eigenvalue weighted by Crippen LogP contribution is 2.23. The summed E-state index contributed by atoms with van der Waals surface area (Å²) in [4.78, 5) is 67.1. The zero-order chi connectivity index (χ0) is 33.5. The molecule has 244 valence electrons. The predicted molar refractivity (Wildman–Crippen MR) is 178 cm³/mol. The van der Waals surface area contributed by atoms with Crippen molar-refractivity contribution in [2.75, 3.05) is 6.54 Å². The van der Waals surface area contributed by atoms with Gasteiger partial charge in [0, 0.05) is 37.9 Å². The van der Waals surface area contributed by atoms with Gasteiger partial charge >= 0.3 is 0 Å². The number of carbonyl (C=O) groups is 5. The first kappa shape index (κ1) is 33.1. The van der Waals surface area contributed by atoms with Crippen LogP contribution in [-0.2, 0) is 38.4 Å². The predicted octanol–water partition coefficient (Wildman–Crippen LogP) is 2.10. The molecule has 4 amide bonds. The van der Waals surface area contributed by atoms with E-state index in [1.165, 1.54) is 16.4 Å². The fraction of sp³-hybridized carbons (Fsp3) is 0.306. The Labute approximate surface area is 273 Å². The number of amides is 4. The first-order chi connectivity index (χ1) is 22.6. The van der Waals surface area contributed by atoms with E-state index in [1.807, 2.05) is 84.9 Å². The molecule has 6 N–H and O–H groups in total. The highest BCUT2D eigenvalue weighted by atomic mass is 16.2. The molecule has 5 rings (SSSR count). The lowest BCUT2D eigenvalue weighted by molar-refractivity contribution is -0.142. The lowest BCUT2D eigenvalue weighted by Gasteiger charge is -2.30. The summed E-state index contributed by atoms with van der Waals surface area (Å²) in [5, 5.41) is 6.42. The van der Waals surface area contributed by atoms with Crippen molar-refractivity contribution in [1.82, 2.24) is 20.1 Å². The molecule has 1 fully saturated rings. The first-order valence-electron chi connectivity index (χ1n) is 15.8. The van der Waals surface area contributed by atoms with Crippen LogP contribution in [0.2, 0.25) is 0 Å². The summed E-state index contributed by atoms with van der Waals surface area (Å²) >= 11 is 0. The quantitative estimate of drug-likeness (QED) is 0.186. The van der Waals surface area contributed by atoms with Gasteiger partial charge in [0.25, 0.3) is 0 Å². The van der Waals surface area contributed by atoms with Crippen molar-refractivity contribution in [2.45, 2.75) is 63.2 Å². The van der Waals surface area contributed by atoms with Gasteiger partial charge in [-0.05, 0) is 42.0 Å². The Morgan fingerprint density at radius 1 is 0.809 bits per heavy atom. The van der Waals surface area contributed by atoms with Gasteiger partial charge in [0.2, 0.25) is 29.5 Å². The van der Waals surface area contributed by atoms with E-state index in [4.69, 9.17) is 11.5 Å². The Balaban J connectivity index is 1.32. The summed E-state index contributed by atoms with van der Waals surface area (Å²) < 4.78 is 1.53. The molecule has 47 heavy (non-hydrogen) atoms. The van der Waals surface area contributed by atoms with Gasteiger partial charge < -0.3 is 27.0 Å². The lowest BCUT2D eigenvalue weighted by atomic mass is 10.0. The molecular formula is C36H40N6O5. The molecule has 1 aromatic heterocycles. The molecule has 0 radical (unpaired) electrons. The molecule has 2 heterocycles. The smallest absolute Gasteiger partial charge is 0.246 e. The normalized spacial score (nSPS) is 16.3. The molecule has 11 nitrogen and oxygen atoms in total. The van der Waals surface area contributed by atoms with Gasteiger partial charge in [-0.15, -0.1) is 0 Å². The van der Waals surface area contributed by atoms with Crippen molar-refractivity contribution in [3.8, 4) is 0 Å². The molecule has 11 heteroatoms. The number of hydrogen-bond acceptors (Lipinski definition) is 6. The van der Waals surface area contributed by atoms with E-state index >= 15 is 0 Å². The van der Waals surface area contributed by atoms with Gasteiger partial charge in [-0.2, -0.15) is 0 Å². The summed E-state index contributed by atoms with van der Waals surface area (Å²) in [6.45, 7) is 1.78. The number of aromatic nitrogens is 1. The SMILES string of the molecule is CC(=O)n1cc(C[C@H](N)C(=O)N[C@@H](Cc2ccccc2)C(=O)N2CCC[C@@H]2C(=O)N[C@@H](Cc2ccccc2)C(N)=O)c2ccccc21. The zero-order valence-corrected chi connectivity index (χ0v) is 26.3. The maximum Gasteiger partial charge on any atom is 0.246 e. The Hall–Kier alpha value is -5.29. The molecule has 0 unspecified atom stereocenters. The van der Waals surface area contributed by atoms with E-state index in [1.54, 1.807) is 6.20 Å². The number of fused-ring (bicyclic) bond motifs is 1. The van der Waals surface area contributed by atoms with Crippen LogP contribution in [0.1, 0.15) is 41.3 Å². The minimum absolute atomic E-state index is 0.142. The molecule has 0 bridgehead atoms. The summed E-state index contributed by atoms with van der Waals surface area (Å²) in [5.74, 6) is -2.26. The van der Waals surface area contributed by atoms with Crippen molar-refractivity contribution in [2.24, 2.45) is 11.5 Å². The summed E-state index contributed by atoms with van der Waals surface area (Å²) in [7, 11) is 0. The van der Waals surface area contributed by atoms with E-state index in [0.29, 0.717) is 19.4 Å². The number of hydrogen-bond donors (Lipinski definition) is 4. The van der Waals surface area contributed by atoms with Gasteiger partial charge in [0.1, 0.15) is 18.1 Å². The van der Waals surface area contributed by atoms with Crippen LogP contribution in [0, 0.1) is 0 Å². The van der Waals surface area contributed by atoms with Crippen LogP contribution in [0.5, 0.6) is 0 Å². The Morgan fingerprint density at radius 2 is 1.40 bits per heavy atom. The standard InChI is InChI=1S/C36H40N6O5/c1-23(43)42-22-26(27-15-8-9-16-31(27)42)21-28(37)34(45)40-30(20-25-13-6-3-7-14-25)36(47)41-18-10-17-32(41)35(46)39-29(33(38)44)19-24-11-4-2-5-12-24/h2-9,11-16,22,28-30,32H,10,17-21,37H2,1H3,(H2,38,44)(H,39,46)(H,40,45)/t28-,29-,30-,32+/m0/s1. The largest absolute Gasteiger partial charge is 0.368 e. The molecule has 1 saturated heterocycles. The second-order valence-corrected chi connectivity index (χ2v) is 12.0. The minimum Gasteiger partial charge on any atom is -0.368 e.